The Labute approximate surface area is 120 Å². The van der Waals surface area contributed by atoms with E-state index in [0.717, 1.165) is 25.8 Å². The summed E-state index contributed by atoms with van der Waals surface area (Å²) >= 11 is 0. The Bertz CT molecular complexity index is 473. The van der Waals surface area contributed by atoms with Crippen molar-refractivity contribution in [1.82, 2.24) is 4.90 Å². The van der Waals surface area contributed by atoms with E-state index in [9.17, 15) is 4.79 Å². The molecule has 1 atom stereocenters. The number of carbonyl (C=O) groups is 1. The first-order valence-electron chi connectivity index (χ1n) is 7.12. The van der Waals surface area contributed by atoms with Crippen molar-refractivity contribution in [2.45, 2.75) is 31.7 Å². The zero-order valence-corrected chi connectivity index (χ0v) is 12.2. The van der Waals surface area contributed by atoms with Crippen molar-refractivity contribution >= 4 is 12.3 Å². The second kappa shape index (κ2) is 6.55. The number of ether oxygens (including phenoxy) is 1. The minimum absolute atomic E-state index is 0.224. The largest absolute Gasteiger partial charge is 0.467 e. The van der Waals surface area contributed by atoms with Gasteiger partial charge >= 0.3 is 5.97 Å². The van der Waals surface area contributed by atoms with E-state index >= 15 is 0 Å². The van der Waals surface area contributed by atoms with Gasteiger partial charge in [-0.25, -0.2) is 4.79 Å². The molecule has 108 valence electrons. The van der Waals surface area contributed by atoms with E-state index in [1.807, 2.05) is 18.2 Å². The van der Waals surface area contributed by atoms with Crippen LogP contribution in [0.4, 0.5) is 0 Å². The van der Waals surface area contributed by atoms with Gasteiger partial charge in [-0.1, -0.05) is 43.7 Å². The molecule has 0 saturated carbocycles. The Hall–Kier alpha value is -1.84. The number of nitrogens with zero attached hydrogens (tertiary/aromatic N) is 2. The number of esters is 1. The Morgan fingerprint density at radius 3 is 2.80 bits per heavy atom. The molecule has 2 rings (SSSR count). The van der Waals surface area contributed by atoms with E-state index in [1.165, 1.54) is 12.7 Å². The van der Waals surface area contributed by atoms with Gasteiger partial charge in [0.2, 0.25) is 0 Å². The maximum Gasteiger partial charge on any atom is 0.335 e. The van der Waals surface area contributed by atoms with Gasteiger partial charge in [0.15, 0.2) is 5.54 Å². The maximum absolute atomic E-state index is 12.0. The third-order valence-electron chi connectivity index (χ3n) is 3.69. The zero-order chi connectivity index (χ0) is 14.4. The third-order valence-corrected chi connectivity index (χ3v) is 3.69. The van der Waals surface area contributed by atoms with Crippen LogP contribution >= 0.6 is 0 Å². The minimum Gasteiger partial charge on any atom is -0.467 e. The number of aliphatic imine (C=N–C) groups is 1. The van der Waals surface area contributed by atoms with Gasteiger partial charge in [0.25, 0.3) is 0 Å². The van der Waals surface area contributed by atoms with Gasteiger partial charge < -0.3 is 9.64 Å². The Morgan fingerprint density at radius 1 is 1.40 bits per heavy atom. The SMILES string of the molecule is CCCC1(C(=O)OC)CN(CCc2ccccc2)C=N1. The van der Waals surface area contributed by atoms with Gasteiger partial charge in [-0.3, -0.25) is 4.99 Å². The number of hydrogen-bond donors (Lipinski definition) is 0. The molecule has 20 heavy (non-hydrogen) atoms. The fourth-order valence-electron chi connectivity index (χ4n) is 2.63. The molecule has 0 spiro atoms. The normalized spacial score (nSPS) is 21.2. The smallest absolute Gasteiger partial charge is 0.335 e. The van der Waals surface area contributed by atoms with E-state index in [4.69, 9.17) is 4.74 Å². The van der Waals surface area contributed by atoms with Gasteiger partial charge in [0.05, 0.1) is 20.0 Å². The summed E-state index contributed by atoms with van der Waals surface area (Å²) in [5.74, 6) is -0.224. The van der Waals surface area contributed by atoms with Crippen molar-refractivity contribution in [2.75, 3.05) is 20.2 Å². The van der Waals surface area contributed by atoms with Crippen LogP contribution in [0.2, 0.25) is 0 Å². The molecule has 1 heterocycles. The van der Waals surface area contributed by atoms with Gasteiger partial charge in [-0.05, 0) is 18.4 Å². The van der Waals surface area contributed by atoms with E-state index < -0.39 is 5.54 Å². The molecule has 0 amide bonds. The molecule has 0 saturated heterocycles. The van der Waals surface area contributed by atoms with Crippen molar-refractivity contribution in [3.63, 3.8) is 0 Å². The molecule has 1 aromatic rings. The van der Waals surface area contributed by atoms with E-state index in [-0.39, 0.29) is 5.97 Å². The highest BCUT2D eigenvalue weighted by Crippen LogP contribution is 2.25. The van der Waals surface area contributed by atoms with Crippen LogP contribution in [-0.4, -0.2) is 42.9 Å². The van der Waals surface area contributed by atoms with Gasteiger partial charge in [-0.15, -0.1) is 0 Å². The molecule has 0 radical (unpaired) electrons. The molecule has 0 N–H and O–H groups in total. The highest BCUT2D eigenvalue weighted by Gasteiger charge is 2.42. The first-order valence-corrected chi connectivity index (χ1v) is 7.12. The lowest BCUT2D eigenvalue weighted by molar-refractivity contribution is -0.147. The maximum atomic E-state index is 12.0. The van der Waals surface area contributed by atoms with Crippen LogP contribution in [0.25, 0.3) is 0 Å². The van der Waals surface area contributed by atoms with Crippen molar-refractivity contribution in [2.24, 2.45) is 4.99 Å². The van der Waals surface area contributed by atoms with Crippen LogP contribution in [0.3, 0.4) is 0 Å². The fraction of sp³-hybridized carbons (Fsp3) is 0.500. The average Bonchev–Trinajstić information content (AvgIpc) is 2.90. The lowest BCUT2D eigenvalue weighted by Crippen LogP contribution is -2.43. The summed E-state index contributed by atoms with van der Waals surface area (Å²) in [6, 6.07) is 10.3. The number of carbonyl (C=O) groups excluding carboxylic acids is 1. The zero-order valence-electron chi connectivity index (χ0n) is 12.2. The van der Waals surface area contributed by atoms with Crippen LogP contribution in [-0.2, 0) is 16.0 Å². The summed E-state index contributed by atoms with van der Waals surface area (Å²) in [5, 5.41) is 0. The second-order valence-electron chi connectivity index (χ2n) is 5.22. The van der Waals surface area contributed by atoms with Crippen molar-refractivity contribution in [3.05, 3.63) is 35.9 Å². The Kier molecular flexibility index (Phi) is 4.77. The molecule has 1 aliphatic heterocycles. The number of benzene rings is 1. The van der Waals surface area contributed by atoms with E-state index in [1.54, 1.807) is 6.34 Å². The average molecular weight is 274 g/mol. The molecule has 0 fully saturated rings. The fourth-order valence-corrected chi connectivity index (χ4v) is 2.63. The molecule has 1 unspecified atom stereocenters. The highest BCUT2D eigenvalue weighted by molar-refractivity contribution is 5.85. The Morgan fingerprint density at radius 2 is 2.15 bits per heavy atom. The molecule has 1 aromatic carbocycles. The monoisotopic (exact) mass is 274 g/mol. The van der Waals surface area contributed by atoms with E-state index in [0.29, 0.717) is 6.54 Å². The van der Waals surface area contributed by atoms with Crippen LogP contribution in [0, 0.1) is 0 Å². The lowest BCUT2D eigenvalue weighted by atomic mass is 9.95. The topological polar surface area (TPSA) is 41.9 Å². The second-order valence-corrected chi connectivity index (χ2v) is 5.22. The summed E-state index contributed by atoms with van der Waals surface area (Å²) in [6.07, 6.45) is 4.41. The van der Waals surface area contributed by atoms with Gasteiger partial charge in [-0.2, -0.15) is 0 Å². The summed E-state index contributed by atoms with van der Waals surface area (Å²) < 4.78 is 4.92. The predicted molar refractivity (Wildman–Crippen MR) is 79.9 cm³/mol. The number of hydrogen-bond acceptors (Lipinski definition) is 4. The van der Waals surface area contributed by atoms with E-state index in [2.05, 4.69) is 28.9 Å². The summed E-state index contributed by atoms with van der Waals surface area (Å²) in [6.45, 7) is 3.56. The predicted octanol–water partition coefficient (Wildman–Crippen LogP) is 2.28. The molecule has 0 aliphatic carbocycles. The number of rotatable bonds is 6. The summed E-state index contributed by atoms with van der Waals surface area (Å²) in [5.41, 5.74) is 0.604. The summed E-state index contributed by atoms with van der Waals surface area (Å²) in [4.78, 5) is 18.5. The first kappa shape index (κ1) is 14.6. The Balaban J connectivity index is 1.94. The van der Waals surface area contributed by atoms with Crippen LogP contribution in [0.1, 0.15) is 25.3 Å². The van der Waals surface area contributed by atoms with Crippen LogP contribution < -0.4 is 0 Å². The lowest BCUT2D eigenvalue weighted by Gasteiger charge is -2.25. The van der Waals surface area contributed by atoms with Gasteiger partial charge in [0.1, 0.15) is 0 Å². The first-order chi connectivity index (χ1) is 9.70. The van der Waals surface area contributed by atoms with Gasteiger partial charge in [0, 0.05) is 6.54 Å². The van der Waals surface area contributed by atoms with Crippen LogP contribution in [0.15, 0.2) is 35.3 Å². The van der Waals surface area contributed by atoms with Crippen molar-refractivity contribution in [3.8, 4) is 0 Å². The molecule has 0 bridgehead atoms. The van der Waals surface area contributed by atoms with Crippen molar-refractivity contribution in [1.29, 1.82) is 0 Å². The molecule has 0 aromatic heterocycles. The quantitative estimate of drug-likeness (QED) is 0.747. The number of methoxy groups -OCH3 is 1. The molecular weight excluding hydrogens is 252 g/mol. The minimum atomic E-state index is -0.694. The van der Waals surface area contributed by atoms with Crippen LogP contribution in [0.5, 0.6) is 0 Å². The molecular formula is C16H22N2O2. The molecule has 1 aliphatic rings. The molecule has 4 heteroatoms. The summed E-state index contributed by atoms with van der Waals surface area (Å²) in [7, 11) is 1.43. The van der Waals surface area contributed by atoms with Crippen molar-refractivity contribution < 1.29 is 9.53 Å². The highest BCUT2D eigenvalue weighted by atomic mass is 16.5. The molecule has 4 nitrogen and oxygen atoms in total. The standard InChI is InChI=1S/C16H22N2O2/c1-3-10-16(15(19)20-2)12-18(13-17-16)11-9-14-7-5-4-6-8-14/h4-8,13H,3,9-12H2,1-2H3. The third kappa shape index (κ3) is 3.18.